The predicted molar refractivity (Wildman–Crippen MR) is 192 cm³/mol. The van der Waals surface area contributed by atoms with Crippen molar-refractivity contribution in [2.75, 3.05) is 6.61 Å². The predicted octanol–water partition coefficient (Wildman–Crippen LogP) is 3.85. The Morgan fingerprint density at radius 2 is 1.20 bits per heavy atom. The number of rotatable bonds is 28. The monoisotopic (exact) mass is 735 g/mol. The zero-order valence-corrected chi connectivity index (χ0v) is 30.9. The summed E-state index contributed by atoms with van der Waals surface area (Å²) < 4.78 is 22.6. The Morgan fingerprint density at radius 3 is 1.74 bits per heavy atom. The van der Waals surface area contributed by atoms with E-state index >= 15 is 0 Å². The number of carbonyl (C=O) groups is 1. The number of aliphatic hydroxyl groups is 7. The molecule has 0 saturated heterocycles. The van der Waals surface area contributed by atoms with Crippen LogP contribution >= 0.6 is 7.82 Å². The van der Waals surface area contributed by atoms with Crippen molar-refractivity contribution in [3.05, 3.63) is 36.5 Å². The first-order valence-corrected chi connectivity index (χ1v) is 20.0. The lowest BCUT2D eigenvalue weighted by Crippen LogP contribution is -2.64. The van der Waals surface area contributed by atoms with Crippen LogP contribution in [0.15, 0.2) is 36.5 Å². The van der Waals surface area contributed by atoms with E-state index in [9.17, 15) is 50.0 Å². The third-order valence-corrected chi connectivity index (χ3v) is 9.70. The lowest BCUT2D eigenvalue weighted by molar-refractivity contribution is -0.220. The van der Waals surface area contributed by atoms with Crippen molar-refractivity contribution in [3.63, 3.8) is 0 Å². The van der Waals surface area contributed by atoms with E-state index in [2.05, 4.69) is 37.4 Å². The van der Waals surface area contributed by atoms with E-state index < -0.39 is 75.2 Å². The van der Waals surface area contributed by atoms with Crippen LogP contribution in [0, 0.1) is 0 Å². The van der Waals surface area contributed by atoms with Gasteiger partial charge in [0.2, 0.25) is 5.91 Å². The molecule has 1 aliphatic carbocycles. The van der Waals surface area contributed by atoms with Crippen molar-refractivity contribution in [3.8, 4) is 0 Å². The molecule has 1 rings (SSSR count). The summed E-state index contributed by atoms with van der Waals surface area (Å²) in [5.41, 5.74) is 0. The second-order valence-corrected chi connectivity index (χ2v) is 14.6. The largest absolute Gasteiger partial charge is 0.472 e. The van der Waals surface area contributed by atoms with Gasteiger partial charge in [-0.25, -0.2) is 4.57 Å². The Hall–Kier alpha value is -1.48. The molecule has 0 radical (unpaired) electrons. The average molecular weight is 736 g/mol. The summed E-state index contributed by atoms with van der Waals surface area (Å²) in [5, 5.41) is 73.8. The second-order valence-electron chi connectivity index (χ2n) is 13.2. The number of phosphoric acid groups is 1. The number of carbonyl (C=O) groups excluding carboxylic acids is 1. The van der Waals surface area contributed by atoms with Crippen LogP contribution in [0.1, 0.15) is 123 Å². The molecule has 0 aromatic carbocycles. The van der Waals surface area contributed by atoms with Crippen molar-refractivity contribution in [2.24, 2.45) is 0 Å². The quantitative estimate of drug-likeness (QED) is 0.0317. The van der Waals surface area contributed by atoms with Crippen LogP contribution in [0.25, 0.3) is 0 Å². The number of hydrogen-bond donors (Lipinski definition) is 9. The third-order valence-electron chi connectivity index (χ3n) is 8.72. The van der Waals surface area contributed by atoms with Crippen molar-refractivity contribution in [2.45, 2.75) is 178 Å². The van der Waals surface area contributed by atoms with E-state index in [1.54, 1.807) is 6.08 Å². The van der Waals surface area contributed by atoms with E-state index in [1.165, 1.54) is 44.6 Å². The molecule has 0 heterocycles. The number of hydrogen-bond acceptors (Lipinski definition) is 11. The van der Waals surface area contributed by atoms with Gasteiger partial charge in [-0.05, 0) is 38.5 Å². The first-order valence-electron chi connectivity index (χ1n) is 18.5. The molecule has 8 atom stereocenters. The fraction of sp³-hybridized carbons (Fsp3) is 0.806. The smallest absolute Gasteiger partial charge is 0.393 e. The number of aliphatic hydroxyl groups excluding tert-OH is 7. The summed E-state index contributed by atoms with van der Waals surface area (Å²) in [6.45, 7) is 3.52. The fourth-order valence-electron chi connectivity index (χ4n) is 5.63. The highest BCUT2D eigenvalue weighted by molar-refractivity contribution is 7.47. The van der Waals surface area contributed by atoms with Crippen molar-refractivity contribution < 1.29 is 59.0 Å². The number of nitrogens with one attached hydrogen (secondary N) is 1. The molecule has 8 unspecified atom stereocenters. The van der Waals surface area contributed by atoms with Gasteiger partial charge in [0.05, 0.1) is 31.3 Å². The maximum Gasteiger partial charge on any atom is 0.472 e. The standard InChI is InChI=1S/C36H66NO12P/c1-3-5-7-9-11-13-15-17-19-21-23-27(38)25-30(40)37-28(29(39)24-22-20-18-16-14-12-10-8-6-4-2)26-48-50(46,47)49-36-34(44)32(42)31(41)33(43)35(36)45/h6,8,14,16,22,24,27-29,31-36,38-39,41-45H,3-5,7,9-13,15,17-21,23,25-26H2,1-2H3,(H,37,40)(H,46,47)/b8-6+,16-14+,24-22+. The summed E-state index contributed by atoms with van der Waals surface area (Å²) in [4.78, 5) is 23.2. The zero-order valence-electron chi connectivity index (χ0n) is 30.0. The number of phosphoric ester groups is 1. The molecule has 50 heavy (non-hydrogen) atoms. The Kier molecular flexibility index (Phi) is 25.3. The lowest BCUT2D eigenvalue weighted by Gasteiger charge is -2.41. The van der Waals surface area contributed by atoms with Gasteiger partial charge < -0.3 is 46.0 Å². The Morgan fingerprint density at radius 1 is 0.720 bits per heavy atom. The molecule has 1 fully saturated rings. The van der Waals surface area contributed by atoms with Crippen LogP contribution in [0.4, 0.5) is 0 Å². The average Bonchev–Trinajstić information content (AvgIpc) is 3.08. The van der Waals surface area contributed by atoms with Gasteiger partial charge in [-0.3, -0.25) is 13.8 Å². The normalized spacial score (nSPS) is 26.0. The molecule has 292 valence electrons. The highest BCUT2D eigenvalue weighted by Gasteiger charge is 2.51. The SMILES string of the molecule is CC/C=C/CC/C=C/CC/C=C/C(O)C(COP(=O)(O)OC1C(O)C(O)C(O)C(O)C1O)NC(=O)CC(O)CCCCCCCCCCCC. The molecular formula is C36H66NO12P. The fourth-order valence-corrected chi connectivity index (χ4v) is 6.60. The molecule has 9 N–H and O–H groups in total. The third kappa shape index (κ3) is 19.9. The minimum atomic E-state index is -5.14. The van der Waals surface area contributed by atoms with E-state index in [4.69, 9.17) is 9.05 Å². The van der Waals surface area contributed by atoms with Gasteiger partial charge in [-0.15, -0.1) is 0 Å². The van der Waals surface area contributed by atoms with Gasteiger partial charge >= 0.3 is 7.82 Å². The highest BCUT2D eigenvalue weighted by atomic mass is 31.2. The van der Waals surface area contributed by atoms with E-state index in [0.29, 0.717) is 19.3 Å². The molecule has 1 amide bonds. The summed E-state index contributed by atoms with van der Waals surface area (Å²) in [6, 6.07) is -1.26. The Labute approximate surface area is 298 Å². The molecule has 13 nitrogen and oxygen atoms in total. The van der Waals surface area contributed by atoms with Gasteiger partial charge in [0.15, 0.2) is 0 Å². The molecular weight excluding hydrogens is 669 g/mol. The molecule has 0 aliphatic heterocycles. The minimum Gasteiger partial charge on any atom is -0.393 e. The van der Waals surface area contributed by atoms with Crippen LogP contribution < -0.4 is 5.32 Å². The Bertz CT molecular complexity index is 1010. The first kappa shape index (κ1) is 46.5. The summed E-state index contributed by atoms with van der Waals surface area (Å²) in [5.74, 6) is -0.613. The van der Waals surface area contributed by atoms with Crippen LogP contribution in [-0.4, -0.2) is 108 Å². The minimum absolute atomic E-state index is 0.256. The van der Waals surface area contributed by atoms with Crippen LogP contribution in [0.3, 0.4) is 0 Å². The molecule has 0 spiro atoms. The van der Waals surface area contributed by atoms with Gasteiger partial charge in [0.25, 0.3) is 0 Å². The molecule has 14 heteroatoms. The van der Waals surface area contributed by atoms with E-state index in [0.717, 1.165) is 44.9 Å². The van der Waals surface area contributed by atoms with Crippen LogP contribution in [-0.2, 0) is 18.4 Å². The second kappa shape index (κ2) is 27.2. The topological polar surface area (TPSA) is 226 Å². The molecule has 1 saturated carbocycles. The zero-order chi connectivity index (χ0) is 37.4. The molecule has 0 aromatic heterocycles. The highest BCUT2D eigenvalue weighted by Crippen LogP contribution is 2.47. The lowest BCUT2D eigenvalue weighted by atomic mass is 9.85. The molecule has 1 aliphatic rings. The van der Waals surface area contributed by atoms with E-state index in [-0.39, 0.29) is 6.42 Å². The summed E-state index contributed by atoms with van der Waals surface area (Å²) in [6.07, 6.45) is 12.9. The van der Waals surface area contributed by atoms with E-state index in [1.807, 2.05) is 6.08 Å². The van der Waals surface area contributed by atoms with Gasteiger partial charge in [-0.1, -0.05) is 115 Å². The Balaban J connectivity index is 2.72. The van der Waals surface area contributed by atoms with Crippen LogP contribution in [0.5, 0.6) is 0 Å². The number of unbranched alkanes of at least 4 members (excludes halogenated alkanes) is 11. The number of amides is 1. The van der Waals surface area contributed by atoms with Gasteiger partial charge in [-0.2, -0.15) is 0 Å². The molecule has 0 bridgehead atoms. The number of allylic oxidation sites excluding steroid dienone is 5. The van der Waals surface area contributed by atoms with Crippen molar-refractivity contribution >= 4 is 13.7 Å². The summed E-state index contributed by atoms with van der Waals surface area (Å²) in [7, 11) is -5.14. The van der Waals surface area contributed by atoms with Crippen molar-refractivity contribution in [1.82, 2.24) is 5.32 Å². The molecule has 0 aromatic rings. The maximum atomic E-state index is 12.8. The van der Waals surface area contributed by atoms with Crippen molar-refractivity contribution in [1.29, 1.82) is 0 Å². The van der Waals surface area contributed by atoms with Gasteiger partial charge in [0.1, 0.15) is 36.6 Å². The van der Waals surface area contributed by atoms with Crippen LogP contribution in [0.2, 0.25) is 0 Å². The van der Waals surface area contributed by atoms with Gasteiger partial charge in [0, 0.05) is 0 Å². The maximum absolute atomic E-state index is 12.8. The first-order chi connectivity index (χ1) is 23.8. The summed E-state index contributed by atoms with van der Waals surface area (Å²) >= 11 is 0.